The van der Waals surface area contributed by atoms with Gasteiger partial charge in [-0.15, -0.1) is 0 Å². The molecule has 0 amide bonds. The average Bonchev–Trinajstić information content (AvgIpc) is 2.01. The summed E-state index contributed by atoms with van der Waals surface area (Å²) in [4.78, 5) is 9.95. The molecule has 1 rings (SSSR count). The minimum atomic E-state index is -0.179. The van der Waals surface area contributed by atoms with Crippen molar-refractivity contribution in [3.8, 4) is 0 Å². The van der Waals surface area contributed by atoms with Gasteiger partial charge in [-0.25, -0.2) is 0 Å². The molecule has 0 bridgehead atoms. The second-order valence-corrected chi connectivity index (χ2v) is 2.99. The highest BCUT2D eigenvalue weighted by atomic mass is 16.3. The van der Waals surface area contributed by atoms with Gasteiger partial charge in [0.25, 0.3) is 7.41 Å². The fourth-order valence-electron chi connectivity index (χ4n) is 1.49. The largest absolute Gasteiger partial charge is 0.393 e. The molecular formula is C7H13BNO2. The first-order chi connectivity index (χ1) is 5.33. The summed E-state index contributed by atoms with van der Waals surface area (Å²) in [5.74, 6) is 0. The van der Waals surface area contributed by atoms with Crippen LogP contribution in [0.5, 0.6) is 0 Å². The summed E-state index contributed by atoms with van der Waals surface area (Å²) in [5, 5.41) is 12.2. The second-order valence-electron chi connectivity index (χ2n) is 2.99. The zero-order valence-corrected chi connectivity index (χ0v) is 6.49. The van der Waals surface area contributed by atoms with Crippen molar-refractivity contribution in [1.29, 1.82) is 0 Å². The molecule has 0 aromatic rings. The van der Waals surface area contributed by atoms with E-state index in [4.69, 9.17) is 0 Å². The molecule has 1 saturated carbocycles. The van der Waals surface area contributed by atoms with Crippen LogP contribution in [-0.4, -0.2) is 30.9 Å². The molecule has 0 unspecified atom stereocenters. The van der Waals surface area contributed by atoms with Crippen LogP contribution in [0, 0.1) is 0 Å². The first-order valence-electron chi connectivity index (χ1n) is 4.04. The SMILES string of the molecule is O=C[B]N[C@@H]1CCC[C@H](O)C1. The number of nitrogens with one attached hydrogen (secondary N) is 1. The van der Waals surface area contributed by atoms with Crippen molar-refractivity contribution in [3.05, 3.63) is 0 Å². The van der Waals surface area contributed by atoms with Gasteiger partial charge in [-0.3, -0.25) is 0 Å². The zero-order chi connectivity index (χ0) is 8.10. The van der Waals surface area contributed by atoms with Crippen molar-refractivity contribution < 1.29 is 9.90 Å². The molecule has 1 aliphatic carbocycles. The minimum Gasteiger partial charge on any atom is -0.393 e. The summed E-state index contributed by atoms with van der Waals surface area (Å²) in [6, 6.07) is 0.295. The maximum absolute atomic E-state index is 9.95. The van der Waals surface area contributed by atoms with Gasteiger partial charge in [0, 0.05) is 0 Å². The van der Waals surface area contributed by atoms with Gasteiger partial charge in [0.1, 0.15) is 0 Å². The highest BCUT2D eigenvalue weighted by Crippen LogP contribution is 2.17. The van der Waals surface area contributed by atoms with Crippen LogP contribution in [0.25, 0.3) is 0 Å². The Kier molecular flexibility index (Phi) is 3.59. The van der Waals surface area contributed by atoms with Crippen molar-refractivity contribution in [2.24, 2.45) is 0 Å². The Balaban J connectivity index is 2.17. The molecule has 2 atom stereocenters. The lowest BCUT2D eigenvalue weighted by Crippen LogP contribution is -2.38. The topological polar surface area (TPSA) is 49.3 Å². The first kappa shape index (κ1) is 8.75. The van der Waals surface area contributed by atoms with E-state index in [1.54, 1.807) is 0 Å². The van der Waals surface area contributed by atoms with E-state index in [1.807, 2.05) is 0 Å². The predicted molar refractivity (Wildman–Crippen MR) is 43.9 cm³/mol. The van der Waals surface area contributed by atoms with E-state index in [9.17, 15) is 9.90 Å². The fourth-order valence-corrected chi connectivity index (χ4v) is 1.49. The van der Waals surface area contributed by atoms with Crippen molar-refractivity contribution >= 4 is 13.6 Å². The van der Waals surface area contributed by atoms with Crippen LogP contribution in [0.15, 0.2) is 0 Å². The van der Waals surface area contributed by atoms with E-state index < -0.39 is 0 Å². The van der Waals surface area contributed by atoms with Crippen molar-refractivity contribution in [2.45, 2.75) is 37.8 Å². The van der Waals surface area contributed by atoms with Crippen molar-refractivity contribution in [2.75, 3.05) is 0 Å². The van der Waals surface area contributed by atoms with E-state index >= 15 is 0 Å². The number of hydrogen-bond donors (Lipinski definition) is 2. The molecule has 1 fully saturated rings. The number of hydrogen-bond acceptors (Lipinski definition) is 3. The monoisotopic (exact) mass is 154 g/mol. The third-order valence-corrected chi connectivity index (χ3v) is 2.05. The molecule has 0 aliphatic heterocycles. The van der Waals surface area contributed by atoms with Gasteiger partial charge >= 0.3 is 0 Å². The average molecular weight is 154 g/mol. The van der Waals surface area contributed by atoms with Crippen LogP contribution in [0.1, 0.15) is 25.7 Å². The van der Waals surface area contributed by atoms with Gasteiger partial charge in [0.15, 0.2) is 0 Å². The molecule has 11 heavy (non-hydrogen) atoms. The summed E-state index contributed by atoms with van der Waals surface area (Å²) in [7, 11) is 1.41. The highest BCUT2D eigenvalue weighted by molar-refractivity contribution is 6.64. The number of aliphatic hydroxyl groups excluding tert-OH is 1. The molecule has 0 heterocycles. The lowest BCUT2D eigenvalue weighted by molar-refractivity contribution is 0.117. The minimum absolute atomic E-state index is 0.179. The number of aliphatic hydroxyl groups is 1. The van der Waals surface area contributed by atoms with Crippen LogP contribution in [-0.2, 0) is 4.79 Å². The Morgan fingerprint density at radius 2 is 2.36 bits per heavy atom. The van der Waals surface area contributed by atoms with Crippen LogP contribution in [0.4, 0.5) is 0 Å². The van der Waals surface area contributed by atoms with Gasteiger partial charge in [0.05, 0.1) is 12.3 Å². The second kappa shape index (κ2) is 4.52. The van der Waals surface area contributed by atoms with E-state index in [0.717, 1.165) is 31.9 Å². The first-order valence-corrected chi connectivity index (χ1v) is 4.04. The predicted octanol–water partition coefficient (Wildman–Crippen LogP) is -0.311. The van der Waals surface area contributed by atoms with Crippen molar-refractivity contribution in [3.63, 3.8) is 0 Å². The van der Waals surface area contributed by atoms with E-state index in [2.05, 4.69) is 5.23 Å². The third-order valence-electron chi connectivity index (χ3n) is 2.05. The Morgan fingerprint density at radius 3 is 3.00 bits per heavy atom. The normalized spacial score (nSPS) is 31.4. The molecule has 3 nitrogen and oxygen atoms in total. The lowest BCUT2D eigenvalue weighted by Gasteiger charge is -2.25. The number of carbonyl (C=O) groups is 1. The quantitative estimate of drug-likeness (QED) is 0.433. The number of rotatable bonds is 3. The molecule has 0 aromatic carbocycles. The van der Waals surface area contributed by atoms with Gasteiger partial charge < -0.3 is 15.1 Å². The van der Waals surface area contributed by atoms with Crippen LogP contribution >= 0.6 is 0 Å². The molecular weight excluding hydrogens is 141 g/mol. The van der Waals surface area contributed by atoms with Crippen LogP contribution < -0.4 is 5.23 Å². The molecule has 61 valence electrons. The molecule has 2 N–H and O–H groups in total. The van der Waals surface area contributed by atoms with Crippen LogP contribution in [0.2, 0.25) is 0 Å². The maximum atomic E-state index is 9.95. The maximum Gasteiger partial charge on any atom is 0.290 e. The lowest BCUT2D eigenvalue weighted by atomic mass is 9.88. The summed E-state index contributed by atoms with van der Waals surface area (Å²) in [5.41, 5.74) is 0. The van der Waals surface area contributed by atoms with Crippen LogP contribution in [0.3, 0.4) is 0 Å². The molecule has 0 spiro atoms. The third kappa shape index (κ3) is 3.03. The Bertz CT molecular complexity index is 132. The fraction of sp³-hybridized carbons (Fsp3) is 0.857. The molecule has 1 aliphatic rings. The summed E-state index contributed by atoms with van der Waals surface area (Å²) < 4.78 is 0. The molecule has 1 radical (unpaired) electrons. The molecule has 0 saturated heterocycles. The Labute approximate surface area is 67.4 Å². The smallest absolute Gasteiger partial charge is 0.290 e. The zero-order valence-electron chi connectivity index (χ0n) is 6.49. The Hall–Kier alpha value is -0.345. The van der Waals surface area contributed by atoms with Gasteiger partial charge in [-0.1, -0.05) is 0 Å². The van der Waals surface area contributed by atoms with E-state index in [-0.39, 0.29) is 6.10 Å². The van der Waals surface area contributed by atoms with Gasteiger partial charge in [-0.2, -0.15) is 0 Å². The summed E-state index contributed by atoms with van der Waals surface area (Å²) in [6.45, 7) is 0. The Morgan fingerprint density at radius 1 is 1.55 bits per heavy atom. The molecule has 0 aromatic heterocycles. The van der Waals surface area contributed by atoms with E-state index in [0.29, 0.717) is 6.04 Å². The van der Waals surface area contributed by atoms with Gasteiger partial charge in [-0.05, 0) is 31.7 Å². The van der Waals surface area contributed by atoms with Gasteiger partial charge in [0.2, 0.25) is 0 Å². The molecule has 4 heteroatoms. The van der Waals surface area contributed by atoms with E-state index in [1.165, 1.54) is 7.41 Å². The summed E-state index contributed by atoms with van der Waals surface area (Å²) >= 11 is 0. The van der Waals surface area contributed by atoms with Crippen molar-refractivity contribution in [1.82, 2.24) is 5.23 Å². The highest BCUT2D eigenvalue weighted by Gasteiger charge is 2.18. The summed E-state index contributed by atoms with van der Waals surface area (Å²) in [6.07, 6.45) is 4.33. The standard InChI is InChI=1S/C7H13BNO2/c10-5-8-9-6-2-1-3-7(11)4-6/h5-7,9,11H,1-4H2/t6-,7+/m1/s1. The number of carbonyl (C=O) groups excluding carboxylic acids is 1.